The Bertz CT molecular complexity index is 1050. The predicted octanol–water partition coefficient (Wildman–Crippen LogP) is 3.00. The first kappa shape index (κ1) is 20.2. The van der Waals surface area contributed by atoms with Gasteiger partial charge in [0.15, 0.2) is 11.6 Å². The Labute approximate surface area is 178 Å². The van der Waals surface area contributed by atoms with E-state index < -0.39 is 5.82 Å². The highest BCUT2D eigenvalue weighted by Crippen LogP contribution is 2.20. The lowest BCUT2D eigenvalue weighted by molar-refractivity contribution is 0.0622. The van der Waals surface area contributed by atoms with Crippen molar-refractivity contribution in [1.82, 2.24) is 30.0 Å². The third-order valence-electron chi connectivity index (χ3n) is 4.87. The van der Waals surface area contributed by atoms with Gasteiger partial charge in [-0.2, -0.15) is 5.10 Å². The van der Waals surface area contributed by atoms with Gasteiger partial charge >= 0.3 is 0 Å². The van der Waals surface area contributed by atoms with Crippen molar-refractivity contribution in [2.24, 2.45) is 0 Å². The molecule has 0 radical (unpaired) electrons. The Morgan fingerprint density at radius 2 is 2.03 bits per heavy atom. The molecule has 0 bridgehead atoms. The number of hydrogen-bond donors (Lipinski definition) is 2. The van der Waals surface area contributed by atoms with Crippen molar-refractivity contribution in [3.05, 3.63) is 64.5 Å². The van der Waals surface area contributed by atoms with Crippen molar-refractivity contribution in [2.45, 2.75) is 13.5 Å². The zero-order valence-corrected chi connectivity index (χ0v) is 17.2. The molecule has 0 atom stereocenters. The molecule has 3 heterocycles. The van der Waals surface area contributed by atoms with Crippen LogP contribution in [-0.4, -0.2) is 62.1 Å². The molecule has 4 rings (SSSR count). The minimum atomic E-state index is -0.668. The van der Waals surface area contributed by atoms with Crippen LogP contribution in [0.15, 0.2) is 36.7 Å². The minimum absolute atomic E-state index is 0.00851. The number of H-pyrrole nitrogens is 1. The fourth-order valence-electron chi connectivity index (χ4n) is 3.33. The molecule has 0 saturated carbocycles. The molecule has 1 aliphatic rings. The van der Waals surface area contributed by atoms with Crippen molar-refractivity contribution in [3.8, 4) is 0 Å². The molecule has 156 valence electrons. The summed E-state index contributed by atoms with van der Waals surface area (Å²) in [6.45, 7) is 4.85. The van der Waals surface area contributed by atoms with Gasteiger partial charge in [-0.25, -0.2) is 9.37 Å². The lowest BCUT2D eigenvalue weighted by atomic mass is 10.1. The number of piperazine rings is 1. The Hall–Kier alpha value is -3.04. The molecule has 1 aromatic carbocycles. The van der Waals surface area contributed by atoms with Crippen LogP contribution in [-0.2, 0) is 6.54 Å². The Morgan fingerprint density at radius 1 is 1.23 bits per heavy atom. The first-order chi connectivity index (χ1) is 14.5. The maximum absolute atomic E-state index is 14.1. The number of hydrogen-bond acceptors (Lipinski definition) is 6. The molecule has 1 saturated heterocycles. The fraction of sp³-hybridized carbons (Fsp3) is 0.300. The van der Waals surface area contributed by atoms with Crippen LogP contribution in [0.2, 0.25) is 5.02 Å². The fourth-order valence-corrected chi connectivity index (χ4v) is 3.51. The van der Waals surface area contributed by atoms with Gasteiger partial charge < -0.3 is 10.2 Å². The third kappa shape index (κ3) is 4.58. The summed E-state index contributed by atoms with van der Waals surface area (Å²) >= 11 is 5.80. The van der Waals surface area contributed by atoms with Crippen molar-refractivity contribution in [2.75, 3.05) is 31.5 Å². The normalized spacial score (nSPS) is 14.7. The summed E-state index contributed by atoms with van der Waals surface area (Å²) in [5.41, 5.74) is 1.77. The van der Waals surface area contributed by atoms with Gasteiger partial charge in [-0.1, -0.05) is 17.7 Å². The first-order valence-electron chi connectivity index (χ1n) is 9.55. The van der Waals surface area contributed by atoms with E-state index in [0.717, 1.165) is 11.4 Å². The zero-order chi connectivity index (χ0) is 21.1. The number of benzene rings is 1. The molecule has 1 aliphatic heterocycles. The molecule has 1 amide bonds. The Kier molecular flexibility index (Phi) is 5.91. The van der Waals surface area contributed by atoms with Crippen LogP contribution in [0.4, 0.5) is 16.0 Å². The van der Waals surface area contributed by atoms with E-state index in [1.807, 2.05) is 13.0 Å². The minimum Gasteiger partial charge on any atom is -0.336 e. The standard InChI is InChI=1S/C20H21ClFN7O/c1-13-9-17(27-26-13)25-18-11-23-10-14(24-18)12-28-5-7-29(8-6-28)20(30)15-3-2-4-16(21)19(15)22/h2-4,9-11H,5-8,12H2,1H3,(H2,24,25,26,27). The summed E-state index contributed by atoms with van der Waals surface area (Å²) in [6.07, 6.45) is 3.36. The van der Waals surface area contributed by atoms with E-state index >= 15 is 0 Å². The van der Waals surface area contributed by atoms with Gasteiger partial charge in [-0.15, -0.1) is 0 Å². The van der Waals surface area contributed by atoms with E-state index in [2.05, 4.69) is 30.4 Å². The van der Waals surface area contributed by atoms with E-state index in [-0.39, 0.29) is 16.5 Å². The molecule has 3 aromatic rings. The highest BCUT2D eigenvalue weighted by atomic mass is 35.5. The zero-order valence-electron chi connectivity index (χ0n) is 16.4. The van der Waals surface area contributed by atoms with Gasteiger partial charge in [0, 0.05) is 50.7 Å². The number of halogens is 2. The molecule has 0 spiro atoms. The maximum Gasteiger partial charge on any atom is 0.256 e. The van der Waals surface area contributed by atoms with E-state index in [1.54, 1.807) is 23.4 Å². The largest absolute Gasteiger partial charge is 0.336 e. The number of aromatic nitrogens is 4. The van der Waals surface area contributed by atoms with E-state index in [9.17, 15) is 9.18 Å². The number of carbonyl (C=O) groups excluding carboxylic acids is 1. The summed E-state index contributed by atoms with van der Waals surface area (Å²) in [5.74, 6) is 0.289. The monoisotopic (exact) mass is 429 g/mol. The summed E-state index contributed by atoms with van der Waals surface area (Å²) in [6, 6.07) is 6.36. The van der Waals surface area contributed by atoms with Gasteiger partial charge in [0.1, 0.15) is 5.82 Å². The van der Waals surface area contributed by atoms with Crippen LogP contribution in [0.5, 0.6) is 0 Å². The number of aryl methyl sites for hydroxylation is 1. The van der Waals surface area contributed by atoms with Crippen molar-refractivity contribution >= 4 is 29.1 Å². The molecular weight excluding hydrogens is 409 g/mol. The first-order valence-corrected chi connectivity index (χ1v) is 9.93. The van der Waals surface area contributed by atoms with Crippen molar-refractivity contribution in [1.29, 1.82) is 0 Å². The number of anilines is 2. The summed E-state index contributed by atoms with van der Waals surface area (Å²) < 4.78 is 14.1. The van der Waals surface area contributed by atoms with Crippen LogP contribution >= 0.6 is 11.6 Å². The van der Waals surface area contributed by atoms with E-state index in [1.165, 1.54) is 12.1 Å². The van der Waals surface area contributed by atoms with Crippen LogP contribution in [0, 0.1) is 12.7 Å². The number of rotatable bonds is 5. The van der Waals surface area contributed by atoms with Crippen LogP contribution < -0.4 is 5.32 Å². The molecule has 2 N–H and O–H groups in total. The molecule has 0 unspecified atom stereocenters. The molecule has 2 aromatic heterocycles. The topological polar surface area (TPSA) is 90.0 Å². The predicted molar refractivity (Wildman–Crippen MR) is 111 cm³/mol. The quantitative estimate of drug-likeness (QED) is 0.648. The molecule has 30 heavy (non-hydrogen) atoms. The average molecular weight is 430 g/mol. The number of carbonyl (C=O) groups is 1. The second-order valence-corrected chi connectivity index (χ2v) is 7.53. The van der Waals surface area contributed by atoms with Crippen LogP contribution in [0.1, 0.15) is 21.7 Å². The maximum atomic E-state index is 14.1. The van der Waals surface area contributed by atoms with Gasteiger partial charge in [-0.3, -0.25) is 19.8 Å². The van der Waals surface area contributed by atoms with E-state index in [0.29, 0.717) is 44.4 Å². The van der Waals surface area contributed by atoms with Gasteiger partial charge in [0.2, 0.25) is 0 Å². The number of nitrogens with one attached hydrogen (secondary N) is 2. The average Bonchev–Trinajstić information content (AvgIpc) is 3.15. The van der Waals surface area contributed by atoms with Crippen molar-refractivity contribution < 1.29 is 9.18 Å². The van der Waals surface area contributed by atoms with Gasteiger partial charge in [-0.05, 0) is 19.1 Å². The highest BCUT2D eigenvalue weighted by Gasteiger charge is 2.25. The van der Waals surface area contributed by atoms with Crippen LogP contribution in [0.3, 0.4) is 0 Å². The summed E-state index contributed by atoms with van der Waals surface area (Å²) in [5, 5.41) is 10.1. The number of nitrogens with zero attached hydrogens (tertiary/aromatic N) is 5. The highest BCUT2D eigenvalue weighted by molar-refractivity contribution is 6.31. The molecule has 8 nitrogen and oxygen atoms in total. The number of aromatic amines is 1. The van der Waals surface area contributed by atoms with Crippen molar-refractivity contribution in [3.63, 3.8) is 0 Å². The van der Waals surface area contributed by atoms with Gasteiger partial charge in [0.05, 0.1) is 22.5 Å². The molecular formula is C20H21ClFN7O. The second-order valence-electron chi connectivity index (χ2n) is 7.13. The third-order valence-corrected chi connectivity index (χ3v) is 5.17. The summed E-state index contributed by atoms with van der Waals surface area (Å²) in [7, 11) is 0. The van der Waals surface area contributed by atoms with Crippen LogP contribution in [0.25, 0.3) is 0 Å². The molecule has 10 heteroatoms. The Morgan fingerprint density at radius 3 is 2.77 bits per heavy atom. The molecule has 0 aliphatic carbocycles. The second kappa shape index (κ2) is 8.76. The number of amides is 1. The van der Waals surface area contributed by atoms with Gasteiger partial charge in [0.25, 0.3) is 5.91 Å². The lowest BCUT2D eigenvalue weighted by Gasteiger charge is -2.34. The van der Waals surface area contributed by atoms with E-state index in [4.69, 9.17) is 11.6 Å². The Balaban J connectivity index is 1.34. The lowest BCUT2D eigenvalue weighted by Crippen LogP contribution is -2.48. The smallest absolute Gasteiger partial charge is 0.256 e. The SMILES string of the molecule is Cc1cc(Nc2cncc(CN3CCN(C(=O)c4cccc(Cl)c4F)CC3)n2)n[nH]1. The summed E-state index contributed by atoms with van der Waals surface area (Å²) in [4.78, 5) is 25.3. The molecule has 1 fully saturated rings.